The van der Waals surface area contributed by atoms with E-state index in [-0.39, 0.29) is 29.4 Å². The first-order valence-corrected chi connectivity index (χ1v) is 10.4. The van der Waals surface area contributed by atoms with Gasteiger partial charge in [-0.1, -0.05) is 41.9 Å². The van der Waals surface area contributed by atoms with E-state index in [1.165, 1.54) is 0 Å². The van der Waals surface area contributed by atoms with Crippen molar-refractivity contribution in [2.24, 2.45) is 0 Å². The molecule has 29 heavy (non-hydrogen) atoms. The van der Waals surface area contributed by atoms with Crippen molar-refractivity contribution in [2.75, 3.05) is 12.3 Å². The highest BCUT2D eigenvalue weighted by molar-refractivity contribution is 7.89. The summed E-state index contributed by atoms with van der Waals surface area (Å²) in [5, 5.41) is 2.41. The number of alkyl halides is 3. The molecule has 0 saturated heterocycles. The molecule has 0 unspecified atom stereocenters. The molecule has 0 saturated carbocycles. The Morgan fingerprint density at radius 1 is 1.10 bits per heavy atom. The van der Waals surface area contributed by atoms with E-state index >= 15 is 0 Å². The number of carbonyl (C=O) groups is 1. The predicted molar refractivity (Wildman–Crippen MR) is 106 cm³/mol. The minimum Gasteiger partial charge on any atom is -0.351 e. The number of hydrogen-bond acceptors (Lipinski definition) is 3. The summed E-state index contributed by atoms with van der Waals surface area (Å²) in [6.45, 7) is -0.0330. The molecule has 0 spiro atoms. The Balaban J connectivity index is 1.85. The Morgan fingerprint density at radius 2 is 1.79 bits per heavy atom. The van der Waals surface area contributed by atoms with E-state index in [0.29, 0.717) is 0 Å². The first kappa shape index (κ1) is 22.9. The van der Waals surface area contributed by atoms with E-state index in [2.05, 4.69) is 10.0 Å². The van der Waals surface area contributed by atoms with Crippen LogP contribution in [0.2, 0.25) is 5.02 Å². The van der Waals surface area contributed by atoms with Crippen LogP contribution in [-0.2, 0) is 27.5 Å². The van der Waals surface area contributed by atoms with Gasteiger partial charge in [-0.3, -0.25) is 4.79 Å². The Morgan fingerprint density at radius 3 is 2.45 bits per heavy atom. The summed E-state index contributed by atoms with van der Waals surface area (Å²) in [5.74, 6) is -0.999. The monoisotopic (exact) mass is 446 g/mol. The number of carbonyl (C=O) groups excluding carboxylic acids is 1. The van der Waals surface area contributed by atoms with Crippen LogP contribution in [-0.4, -0.2) is 26.6 Å². The summed E-state index contributed by atoms with van der Waals surface area (Å²) in [5.41, 5.74) is -0.0765. The van der Waals surface area contributed by atoms with Crippen molar-refractivity contribution in [3.8, 4) is 0 Å². The molecule has 0 radical (unpaired) electrons. The summed E-state index contributed by atoms with van der Waals surface area (Å²) in [7, 11) is -3.61. The molecular weight excluding hydrogens is 429 g/mol. The molecule has 2 aromatic carbocycles. The third-order valence-corrected chi connectivity index (χ3v) is 5.42. The van der Waals surface area contributed by atoms with Crippen molar-refractivity contribution >= 4 is 33.6 Å². The second-order valence-corrected chi connectivity index (χ2v) is 8.32. The van der Waals surface area contributed by atoms with E-state index in [1.807, 2.05) is 6.07 Å². The van der Waals surface area contributed by atoms with Crippen LogP contribution in [0.25, 0.3) is 6.08 Å². The average Bonchev–Trinajstić information content (AvgIpc) is 2.65. The summed E-state index contributed by atoms with van der Waals surface area (Å²) in [6, 6.07) is 11.7. The predicted octanol–water partition coefficient (Wildman–Crippen LogP) is 3.61. The molecular formula is C19H18ClF3N2O3S. The van der Waals surface area contributed by atoms with Crippen LogP contribution < -0.4 is 10.0 Å². The number of amides is 1. The molecule has 0 atom stereocenters. The van der Waals surface area contributed by atoms with Crippen molar-refractivity contribution in [3.05, 3.63) is 76.3 Å². The maximum absolute atomic E-state index is 12.7. The van der Waals surface area contributed by atoms with Gasteiger partial charge in [0.1, 0.15) is 0 Å². The van der Waals surface area contributed by atoms with Gasteiger partial charge in [0, 0.05) is 24.2 Å². The molecule has 0 aliphatic rings. The summed E-state index contributed by atoms with van der Waals surface area (Å²) in [4.78, 5) is 11.8. The molecule has 156 valence electrons. The molecule has 0 heterocycles. The van der Waals surface area contributed by atoms with Gasteiger partial charge in [0.2, 0.25) is 15.9 Å². The van der Waals surface area contributed by atoms with Crippen molar-refractivity contribution in [1.82, 2.24) is 10.0 Å². The van der Waals surface area contributed by atoms with Gasteiger partial charge in [-0.25, -0.2) is 13.1 Å². The Kier molecular flexibility index (Phi) is 7.83. The number of hydrogen-bond donors (Lipinski definition) is 2. The third-order valence-electron chi connectivity index (χ3n) is 3.75. The molecule has 2 aromatic rings. The van der Waals surface area contributed by atoms with E-state index < -0.39 is 27.7 Å². The van der Waals surface area contributed by atoms with Gasteiger partial charge < -0.3 is 5.32 Å². The molecule has 1 amide bonds. The minimum absolute atomic E-state index is 0.0220. The number of nitrogens with one attached hydrogen (secondary N) is 2. The molecule has 0 bridgehead atoms. The molecule has 0 fully saturated rings. The zero-order valence-corrected chi connectivity index (χ0v) is 16.6. The van der Waals surface area contributed by atoms with E-state index in [4.69, 9.17) is 11.6 Å². The van der Waals surface area contributed by atoms with Crippen LogP contribution in [0.15, 0.2) is 54.6 Å². The van der Waals surface area contributed by atoms with Crippen molar-refractivity contribution in [3.63, 3.8) is 0 Å². The average molecular weight is 447 g/mol. The number of rotatable bonds is 8. The van der Waals surface area contributed by atoms with Crippen LogP contribution in [0.3, 0.4) is 0 Å². The van der Waals surface area contributed by atoms with Gasteiger partial charge in [-0.05, 0) is 35.4 Å². The van der Waals surface area contributed by atoms with Gasteiger partial charge >= 0.3 is 6.18 Å². The molecule has 10 heteroatoms. The van der Waals surface area contributed by atoms with Gasteiger partial charge in [0.05, 0.1) is 11.3 Å². The van der Waals surface area contributed by atoms with Crippen LogP contribution >= 0.6 is 11.6 Å². The molecule has 2 N–H and O–H groups in total. The quantitative estimate of drug-likeness (QED) is 0.608. The number of sulfonamides is 1. The lowest BCUT2D eigenvalue weighted by Crippen LogP contribution is -2.33. The maximum Gasteiger partial charge on any atom is 0.416 e. The third kappa shape index (κ3) is 7.88. The molecule has 0 aliphatic heterocycles. The van der Waals surface area contributed by atoms with Crippen LogP contribution in [0.5, 0.6) is 0 Å². The number of benzene rings is 2. The Hall–Kier alpha value is -2.36. The van der Waals surface area contributed by atoms with Gasteiger partial charge in [-0.15, -0.1) is 0 Å². The highest BCUT2D eigenvalue weighted by Crippen LogP contribution is 2.32. The van der Waals surface area contributed by atoms with Crippen LogP contribution in [0.4, 0.5) is 13.2 Å². The SMILES string of the molecule is O=C(C=Cc1cc(C(F)(F)F)ccc1Cl)NCCS(=O)(=O)NCc1ccccc1. The molecule has 0 aromatic heterocycles. The maximum atomic E-state index is 12.7. The first-order chi connectivity index (χ1) is 13.6. The van der Waals surface area contributed by atoms with Crippen molar-refractivity contribution in [2.45, 2.75) is 12.7 Å². The Bertz CT molecular complexity index is 978. The van der Waals surface area contributed by atoms with E-state index in [1.54, 1.807) is 24.3 Å². The lowest BCUT2D eigenvalue weighted by atomic mass is 10.1. The zero-order chi connectivity index (χ0) is 21.5. The van der Waals surface area contributed by atoms with Crippen LogP contribution in [0, 0.1) is 0 Å². The van der Waals surface area contributed by atoms with E-state index in [0.717, 1.165) is 35.9 Å². The lowest BCUT2D eigenvalue weighted by molar-refractivity contribution is -0.137. The standard InChI is InChI=1S/C19H18ClF3N2O3S/c20-17-8-7-16(19(21,22)23)12-15(17)6-9-18(26)24-10-11-29(27,28)25-13-14-4-2-1-3-5-14/h1-9,12,25H,10-11,13H2,(H,24,26). The smallest absolute Gasteiger partial charge is 0.351 e. The van der Waals surface area contributed by atoms with Crippen molar-refractivity contribution < 1.29 is 26.4 Å². The van der Waals surface area contributed by atoms with E-state index in [9.17, 15) is 26.4 Å². The number of halogens is 4. The Labute approximate surface area is 171 Å². The van der Waals surface area contributed by atoms with Gasteiger partial charge in [-0.2, -0.15) is 13.2 Å². The molecule has 0 aliphatic carbocycles. The highest BCUT2D eigenvalue weighted by Gasteiger charge is 2.30. The van der Waals surface area contributed by atoms with Crippen LogP contribution in [0.1, 0.15) is 16.7 Å². The lowest BCUT2D eigenvalue weighted by Gasteiger charge is -2.08. The molecule has 2 rings (SSSR count). The highest BCUT2D eigenvalue weighted by atomic mass is 35.5. The van der Waals surface area contributed by atoms with Gasteiger partial charge in [0.25, 0.3) is 0 Å². The zero-order valence-electron chi connectivity index (χ0n) is 15.0. The largest absolute Gasteiger partial charge is 0.416 e. The van der Waals surface area contributed by atoms with Crippen molar-refractivity contribution in [1.29, 1.82) is 0 Å². The second kappa shape index (κ2) is 9.91. The second-order valence-electron chi connectivity index (χ2n) is 5.98. The topological polar surface area (TPSA) is 75.3 Å². The summed E-state index contributed by atoms with van der Waals surface area (Å²) < 4.78 is 64.5. The fourth-order valence-corrected chi connectivity index (χ4v) is 3.32. The normalized spacial score (nSPS) is 12.3. The first-order valence-electron chi connectivity index (χ1n) is 8.41. The fraction of sp³-hybridized carbons (Fsp3) is 0.211. The summed E-state index contributed by atoms with van der Waals surface area (Å²) in [6.07, 6.45) is -2.41. The minimum atomic E-state index is -4.53. The fourth-order valence-electron chi connectivity index (χ4n) is 2.24. The molecule has 5 nitrogen and oxygen atoms in total. The summed E-state index contributed by atoms with van der Waals surface area (Å²) >= 11 is 5.84. The van der Waals surface area contributed by atoms with Gasteiger partial charge in [0.15, 0.2) is 0 Å².